The van der Waals surface area contributed by atoms with Crippen LogP contribution in [0, 0.1) is 0 Å². The normalized spacial score (nSPS) is 19.0. The number of rotatable bonds is 5. The molecule has 1 N–H and O–H groups in total. The van der Waals surface area contributed by atoms with Crippen LogP contribution in [0.2, 0.25) is 0 Å². The van der Waals surface area contributed by atoms with Crippen molar-refractivity contribution in [2.45, 2.75) is 38.3 Å². The average molecular weight is 389 g/mol. The van der Waals surface area contributed by atoms with E-state index in [4.69, 9.17) is 9.84 Å². The van der Waals surface area contributed by atoms with Crippen LogP contribution in [0.3, 0.4) is 0 Å². The number of hydrogen-bond acceptors (Lipinski definition) is 4. The van der Waals surface area contributed by atoms with Crippen LogP contribution in [0.1, 0.15) is 42.1 Å². The predicted octanol–water partition coefficient (Wildman–Crippen LogP) is 4.58. The van der Waals surface area contributed by atoms with E-state index in [0.29, 0.717) is 6.04 Å². The van der Waals surface area contributed by atoms with Gasteiger partial charge < -0.3 is 10.1 Å². The van der Waals surface area contributed by atoms with E-state index >= 15 is 0 Å². The van der Waals surface area contributed by atoms with Gasteiger partial charge in [0.2, 0.25) is 0 Å². The lowest BCUT2D eigenvalue weighted by Gasteiger charge is -2.35. The molecule has 2 aromatic carbocycles. The summed E-state index contributed by atoms with van der Waals surface area (Å²) in [5, 5.41) is 8.72. The summed E-state index contributed by atoms with van der Waals surface area (Å²) in [4.78, 5) is 2.62. The Morgan fingerprint density at radius 2 is 1.90 bits per heavy atom. The van der Waals surface area contributed by atoms with Gasteiger partial charge >= 0.3 is 0 Å². The molecule has 29 heavy (non-hydrogen) atoms. The standard InChI is InChI=1S/C24H28N4O/c1-29-20-12-10-19(11-13-20)28-24-21(14-15-25-24)23(26-28)22-9-5-6-16-27(22)17-18-7-3-2-4-8-18/h2-4,7-8,10-13,22,25H,5-6,9,14-17H2,1H3. The molecular weight excluding hydrogens is 360 g/mol. The summed E-state index contributed by atoms with van der Waals surface area (Å²) in [6.45, 7) is 3.11. The van der Waals surface area contributed by atoms with Crippen LogP contribution in [-0.4, -0.2) is 34.9 Å². The molecule has 0 amide bonds. The van der Waals surface area contributed by atoms with Crippen LogP contribution in [0.25, 0.3) is 5.69 Å². The molecule has 5 nitrogen and oxygen atoms in total. The first-order valence-electron chi connectivity index (χ1n) is 10.6. The summed E-state index contributed by atoms with van der Waals surface area (Å²) in [7, 11) is 1.70. The van der Waals surface area contributed by atoms with Crippen molar-refractivity contribution in [3.8, 4) is 11.4 Å². The van der Waals surface area contributed by atoms with Crippen LogP contribution in [0.4, 0.5) is 5.82 Å². The minimum atomic E-state index is 0.386. The first-order valence-corrected chi connectivity index (χ1v) is 10.6. The summed E-state index contributed by atoms with van der Waals surface area (Å²) in [5.74, 6) is 2.03. The van der Waals surface area contributed by atoms with Gasteiger partial charge in [-0.25, -0.2) is 4.68 Å². The molecule has 150 valence electrons. The number of methoxy groups -OCH3 is 1. The monoisotopic (exact) mass is 388 g/mol. The van der Waals surface area contributed by atoms with Crippen molar-refractivity contribution in [2.75, 3.05) is 25.5 Å². The van der Waals surface area contributed by atoms with Crippen molar-refractivity contribution < 1.29 is 4.74 Å². The third kappa shape index (κ3) is 3.51. The molecular formula is C24H28N4O. The molecule has 0 bridgehead atoms. The van der Waals surface area contributed by atoms with Crippen molar-refractivity contribution in [3.05, 3.63) is 71.4 Å². The summed E-state index contributed by atoms with van der Waals surface area (Å²) in [6, 6.07) is 19.4. The average Bonchev–Trinajstić information content (AvgIpc) is 3.38. The second-order valence-corrected chi connectivity index (χ2v) is 7.97. The Morgan fingerprint density at radius 1 is 1.07 bits per heavy atom. The number of ether oxygens (including phenoxy) is 1. The molecule has 1 atom stereocenters. The maximum atomic E-state index is 5.32. The van der Waals surface area contributed by atoms with Crippen LogP contribution in [-0.2, 0) is 13.0 Å². The Hall–Kier alpha value is -2.79. The van der Waals surface area contributed by atoms with Gasteiger partial charge in [-0.3, -0.25) is 4.90 Å². The SMILES string of the molecule is COc1ccc(-n2nc(C3CCCCN3Cc3ccccc3)c3c2NCC3)cc1. The molecule has 0 aliphatic carbocycles. The molecule has 1 saturated heterocycles. The van der Waals surface area contributed by atoms with Crippen molar-refractivity contribution in [1.29, 1.82) is 0 Å². The maximum Gasteiger partial charge on any atom is 0.133 e. The largest absolute Gasteiger partial charge is 0.497 e. The van der Waals surface area contributed by atoms with Gasteiger partial charge in [-0.2, -0.15) is 5.10 Å². The summed E-state index contributed by atoms with van der Waals surface area (Å²) >= 11 is 0. The molecule has 3 heterocycles. The molecule has 1 aromatic heterocycles. The zero-order valence-corrected chi connectivity index (χ0v) is 17.0. The molecule has 2 aliphatic rings. The highest BCUT2D eigenvalue weighted by atomic mass is 16.5. The number of hydrogen-bond donors (Lipinski definition) is 1. The van der Waals surface area contributed by atoms with Gasteiger partial charge in [0.1, 0.15) is 11.6 Å². The third-order valence-corrected chi connectivity index (χ3v) is 6.16. The van der Waals surface area contributed by atoms with E-state index in [-0.39, 0.29) is 0 Å². The van der Waals surface area contributed by atoms with Gasteiger partial charge in [-0.1, -0.05) is 36.8 Å². The highest BCUT2D eigenvalue weighted by Gasteiger charge is 2.32. The Labute approximate surface area is 172 Å². The number of nitrogens with zero attached hydrogens (tertiary/aromatic N) is 3. The van der Waals surface area contributed by atoms with E-state index in [1.807, 2.05) is 12.1 Å². The van der Waals surface area contributed by atoms with Crippen LogP contribution >= 0.6 is 0 Å². The number of nitrogens with one attached hydrogen (secondary N) is 1. The third-order valence-electron chi connectivity index (χ3n) is 6.16. The highest BCUT2D eigenvalue weighted by molar-refractivity contribution is 5.58. The van der Waals surface area contributed by atoms with E-state index in [0.717, 1.165) is 43.3 Å². The van der Waals surface area contributed by atoms with Crippen molar-refractivity contribution in [3.63, 3.8) is 0 Å². The lowest BCUT2D eigenvalue weighted by atomic mass is 9.95. The number of anilines is 1. The van der Waals surface area contributed by atoms with Gasteiger partial charge in [-0.05, 0) is 55.6 Å². The van der Waals surface area contributed by atoms with E-state index < -0.39 is 0 Å². The van der Waals surface area contributed by atoms with E-state index in [2.05, 4.69) is 57.4 Å². The highest BCUT2D eigenvalue weighted by Crippen LogP contribution is 2.38. The Balaban J connectivity index is 1.49. The molecule has 0 radical (unpaired) electrons. The lowest BCUT2D eigenvalue weighted by molar-refractivity contribution is 0.136. The topological polar surface area (TPSA) is 42.3 Å². The Morgan fingerprint density at radius 3 is 2.69 bits per heavy atom. The minimum Gasteiger partial charge on any atom is -0.497 e. The van der Waals surface area contributed by atoms with Crippen LogP contribution < -0.4 is 10.1 Å². The zero-order valence-electron chi connectivity index (χ0n) is 17.0. The Bertz CT molecular complexity index is 965. The molecule has 1 unspecified atom stereocenters. The molecule has 5 rings (SSSR count). The number of benzene rings is 2. The number of aromatic nitrogens is 2. The van der Waals surface area contributed by atoms with Gasteiger partial charge in [0.25, 0.3) is 0 Å². The summed E-state index contributed by atoms with van der Waals surface area (Å²) in [6.07, 6.45) is 4.77. The maximum absolute atomic E-state index is 5.32. The zero-order chi connectivity index (χ0) is 19.6. The van der Waals surface area contributed by atoms with Crippen molar-refractivity contribution >= 4 is 5.82 Å². The van der Waals surface area contributed by atoms with Crippen molar-refractivity contribution in [2.24, 2.45) is 0 Å². The lowest BCUT2D eigenvalue weighted by Crippen LogP contribution is -2.33. The number of piperidine rings is 1. The second kappa shape index (κ2) is 7.91. The first kappa shape index (κ1) is 18.3. The fourth-order valence-corrected chi connectivity index (χ4v) is 4.69. The van der Waals surface area contributed by atoms with Gasteiger partial charge in [0.15, 0.2) is 0 Å². The Kier molecular flexibility index (Phi) is 4.98. The van der Waals surface area contributed by atoms with Gasteiger partial charge in [0, 0.05) is 18.7 Å². The molecule has 0 saturated carbocycles. The molecule has 2 aliphatic heterocycles. The fourth-order valence-electron chi connectivity index (χ4n) is 4.69. The van der Waals surface area contributed by atoms with Crippen LogP contribution in [0.5, 0.6) is 5.75 Å². The fraction of sp³-hybridized carbons (Fsp3) is 0.375. The molecule has 0 spiro atoms. The first-order chi connectivity index (χ1) is 14.3. The second-order valence-electron chi connectivity index (χ2n) is 7.97. The van der Waals surface area contributed by atoms with Crippen molar-refractivity contribution in [1.82, 2.24) is 14.7 Å². The van der Waals surface area contributed by atoms with Gasteiger partial charge in [-0.15, -0.1) is 0 Å². The number of likely N-dealkylation sites (tertiary alicyclic amines) is 1. The van der Waals surface area contributed by atoms with Gasteiger partial charge in [0.05, 0.1) is 24.5 Å². The van der Waals surface area contributed by atoms with E-state index in [9.17, 15) is 0 Å². The molecule has 3 aromatic rings. The molecule has 5 heteroatoms. The van der Waals surface area contributed by atoms with Crippen LogP contribution in [0.15, 0.2) is 54.6 Å². The summed E-state index contributed by atoms with van der Waals surface area (Å²) in [5.41, 5.74) is 5.11. The molecule has 1 fully saturated rings. The van der Waals surface area contributed by atoms with E-state index in [1.54, 1.807) is 7.11 Å². The smallest absolute Gasteiger partial charge is 0.133 e. The quantitative estimate of drug-likeness (QED) is 0.695. The van der Waals surface area contributed by atoms with E-state index in [1.165, 1.54) is 36.1 Å². The predicted molar refractivity (Wildman–Crippen MR) is 116 cm³/mol. The summed E-state index contributed by atoms with van der Waals surface area (Å²) < 4.78 is 7.41. The number of fused-ring (bicyclic) bond motifs is 1. The minimum absolute atomic E-state index is 0.386.